The van der Waals surface area contributed by atoms with Gasteiger partial charge >= 0.3 is 0 Å². The van der Waals surface area contributed by atoms with Gasteiger partial charge in [0.15, 0.2) is 0 Å². The summed E-state index contributed by atoms with van der Waals surface area (Å²) >= 11 is 0. The third kappa shape index (κ3) is 6.77. The minimum atomic E-state index is -0.493. The van der Waals surface area contributed by atoms with Crippen LogP contribution in [0, 0.1) is 0 Å². The molecule has 0 aliphatic heterocycles. The highest BCUT2D eigenvalue weighted by Crippen LogP contribution is 2.08. The Morgan fingerprint density at radius 3 is 1.29 bits per heavy atom. The van der Waals surface area contributed by atoms with E-state index < -0.39 is 11.8 Å². The van der Waals surface area contributed by atoms with Crippen molar-refractivity contribution in [1.82, 2.24) is 10.6 Å². The molecule has 0 saturated carbocycles. The lowest BCUT2D eigenvalue weighted by atomic mass is 10.1. The van der Waals surface area contributed by atoms with Gasteiger partial charge in [0.25, 0.3) is 11.8 Å². The van der Waals surface area contributed by atoms with E-state index >= 15 is 0 Å². The van der Waals surface area contributed by atoms with Gasteiger partial charge in [-0.15, -0.1) is 0 Å². The summed E-state index contributed by atoms with van der Waals surface area (Å²) in [6.45, 7) is 0.778. The van der Waals surface area contributed by atoms with Gasteiger partial charge < -0.3 is 22.1 Å². The van der Waals surface area contributed by atoms with Gasteiger partial charge in [-0.3, -0.25) is 19.2 Å². The first-order valence-corrected chi connectivity index (χ1v) is 10.8. The maximum Gasteiger partial charge on any atom is 0.251 e. The zero-order valence-corrected chi connectivity index (χ0v) is 18.5. The van der Waals surface area contributed by atoms with E-state index in [1.807, 2.05) is 12.1 Å². The molecule has 3 aromatic rings. The summed E-state index contributed by atoms with van der Waals surface area (Å²) in [5.41, 5.74) is 14.1. The Balaban J connectivity index is 1.46. The smallest absolute Gasteiger partial charge is 0.251 e. The lowest BCUT2D eigenvalue weighted by Gasteiger charge is -2.08. The quantitative estimate of drug-likeness (QED) is 0.367. The molecule has 8 heteroatoms. The van der Waals surface area contributed by atoms with Crippen LogP contribution in [0.3, 0.4) is 0 Å². The van der Waals surface area contributed by atoms with Gasteiger partial charge in [-0.05, 0) is 72.5 Å². The van der Waals surface area contributed by atoms with Crippen LogP contribution in [0.25, 0.3) is 0 Å². The summed E-state index contributed by atoms with van der Waals surface area (Å²) in [4.78, 5) is 47.3. The highest BCUT2D eigenvalue weighted by atomic mass is 16.2. The SMILES string of the molecule is NC(=O)c1cccc(CCNC(=O)c2ccc(C(=O)NCCc3cccc(C(N)=O)c3)cc2)c1. The fourth-order valence-corrected chi connectivity index (χ4v) is 3.38. The Morgan fingerprint density at radius 2 is 0.941 bits per heavy atom. The molecule has 0 atom stereocenters. The Hall–Kier alpha value is -4.46. The third-order valence-corrected chi connectivity index (χ3v) is 5.23. The molecule has 0 fully saturated rings. The zero-order valence-electron chi connectivity index (χ0n) is 18.5. The molecule has 0 radical (unpaired) electrons. The summed E-state index contributed by atoms with van der Waals surface area (Å²) in [7, 11) is 0. The average Bonchev–Trinajstić information content (AvgIpc) is 2.84. The van der Waals surface area contributed by atoms with Gasteiger partial charge in [-0.2, -0.15) is 0 Å². The van der Waals surface area contributed by atoms with Crippen molar-refractivity contribution < 1.29 is 19.2 Å². The first-order chi connectivity index (χ1) is 16.3. The van der Waals surface area contributed by atoms with E-state index in [1.165, 1.54) is 0 Å². The zero-order chi connectivity index (χ0) is 24.5. The fourth-order valence-electron chi connectivity index (χ4n) is 3.38. The van der Waals surface area contributed by atoms with Crippen LogP contribution in [0.5, 0.6) is 0 Å². The van der Waals surface area contributed by atoms with Crippen molar-refractivity contribution in [3.8, 4) is 0 Å². The number of carbonyl (C=O) groups is 4. The minimum Gasteiger partial charge on any atom is -0.366 e. The molecule has 6 N–H and O–H groups in total. The van der Waals surface area contributed by atoms with E-state index in [-0.39, 0.29) is 11.8 Å². The van der Waals surface area contributed by atoms with E-state index in [0.717, 1.165) is 11.1 Å². The molecular formula is C26H26N4O4. The summed E-state index contributed by atoms with van der Waals surface area (Å²) in [5, 5.41) is 5.64. The van der Waals surface area contributed by atoms with E-state index in [2.05, 4.69) is 10.6 Å². The molecule has 0 saturated heterocycles. The second-order valence-electron chi connectivity index (χ2n) is 7.72. The number of hydrogen-bond acceptors (Lipinski definition) is 4. The molecule has 3 aromatic carbocycles. The number of nitrogens with two attached hydrogens (primary N) is 2. The molecule has 8 nitrogen and oxygen atoms in total. The molecule has 0 heterocycles. The van der Waals surface area contributed by atoms with Crippen molar-refractivity contribution in [2.45, 2.75) is 12.8 Å². The normalized spacial score (nSPS) is 10.4. The first kappa shape index (κ1) is 24.2. The van der Waals surface area contributed by atoms with E-state index in [1.54, 1.807) is 60.7 Å². The molecule has 34 heavy (non-hydrogen) atoms. The van der Waals surface area contributed by atoms with Gasteiger partial charge in [0.1, 0.15) is 0 Å². The summed E-state index contributed by atoms with van der Waals surface area (Å²) in [6, 6.07) is 20.3. The highest BCUT2D eigenvalue weighted by molar-refractivity contribution is 5.98. The number of hydrogen-bond donors (Lipinski definition) is 4. The molecule has 0 unspecified atom stereocenters. The van der Waals surface area contributed by atoms with E-state index in [0.29, 0.717) is 48.2 Å². The van der Waals surface area contributed by atoms with E-state index in [4.69, 9.17) is 11.5 Å². The fraction of sp³-hybridized carbons (Fsp3) is 0.154. The van der Waals surface area contributed by atoms with Crippen molar-refractivity contribution in [2.24, 2.45) is 11.5 Å². The lowest BCUT2D eigenvalue weighted by molar-refractivity contribution is 0.0942. The number of amides is 4. The molecule has 0 bridgehead atoms. The average molecular weight is 459 g/mol. The van der Waals surface area contributed by atoms with Crippen LogP contribution in [0.1, 0.15) is 52.6 Å². The van der Waals surface area contributed by atoms with Gasteiger partial charge in [-0.1, -0.05) is 24.3 Å². The predicted molar refractivity (Wildman–Crippen MR) is 128 cm³/mol. The number of primary amides is 2. The monoisotopic (exact) mass is 458 g/mol. The topological polar surface area (TPSA) is 144 Å². The third-order valence-electron chi connectivity index (χ3n) is 5.23. The molecule has 174 valence electrons. The minimum absolute atomic E-state index is 0.257. The van der Waals surface area contributed by atoms with Gasteiger partial charge in [-0.25, -0.2) is 0 Å². The van der Waals surface area contributed by atoms with Gasteiger partial charge in [0, 0.05) is 35.3 Å². The Morgan fingerprint density at radius 1 is 0.559 bits per heavy atom. The Kier molecular flexibility index (Phi) is 8.12. The van der Waals surface area contributed by atoms with Crippen LogP contribution in [-0.2, 0) is 12.8 Å². The molecule has 3 rings (SSSR count). The predicted octanol–water partition coefficient (Wildman–Crippen LogP) is 1.83. The van der Waals surface area contributed by atoms with Crippen molar-refractivity contribution in [3.05, 3.63) is 106 Å². The summed E-state index contributed by atoms with van der Waals surface area (Å²) < 4.78 is 0. The van der Waals surface area contributed by atoms with Crippen molar-refractivity contribution >= 4 is 23.6 Å². The Bertz CT molecular complexity index is 1110. The molecule has 0 aromatic heterocycles. The number of rotatable bonds is 10. The largest absolute Gasteiger partial charge is 0.366 e. The van der Waals surface area contributed by atoms with Crippen LogP contribution in [-0.4, -0.2) is 36.7 Å². The number of benzene rings is 3. The molecule has 0 spiro atoms. The number of carbonyl (C=O) groups excluding carboxylic acids is 4. The molecule has 0 aliphatic rings. The second-order valence-corrected chi connectivity index (χ2v) is 7.72. The van der Waals surface area contributed by atoms with Crippen LogP contribution in [0.4, 0.5) is 0 Å². The molecule has 4 amide bonds. The van der Waals surface area contributed by atoms with Crippen LogP contribution >= 0.6 is 0 Å². The molecular weight excluding hydrogens is 432 g/mol. The summed E-state index contributed by atoms with van der Waals surface area (Å²) in [6.07, 6.45) is 1.10. The van der Waals surface area contributed by atoms with Crippen LogP contribution in [0.15, 0.2) is 72.8 Å². The van der Waals surface area contributed by atoms with Gasteiger partial charge in [0.05, 0.1) is 0 Å². The maximum absolute atomic E-state index is 12.4. The van der Waals surface area contributed by atoms with Crippen molar-refractivity contribution in [2.75, 3.05) is 13.1 Å². The second kappa shape index (κ2) is 11.4. The first-order valence-electron chi connectivity index (χ1n) is 10.8. The highest BCUT2D eigenvalue weighted by Gasteiger charge is 2.09. The lowest BCUT2D eigenvalue weighted by Crippen LogP contribution is -2.27. The number of nitrogens with one attached hydrogen (secondary N) is 2. The van der Waals surface area contributed by atoms with Crippen LogP contribution < -0.4 is 22.1 Å². The maximum atomic E-state index is 12.4. The Labute approximate surface area is 197 Å². The van der Waals surface area contributed by atoms with Crippen molar-refractivity contribution in [1.29, 1.82) is 0 Å². The summed E-state index contributed by atoms with van der Waals surface area (Å²) in [5.74, 6) is -1.50. The standard InChI is InChI=1S/C26H26N4O4/c27-23(31)21-5-1-3-17(15-21)11-13-29-25(33)19-7-9-20(10-8-19)26(34)30-14-12-18-4-2-6-22(16-18)24(28)32/h1-10,15-16H,11-14H2,(H2,27,31)(H2,28,32)(H,29,33)(H,30,34). The molecule has 0 aliphatic carbocycles. The van der Waals surface area contributed by atoms with Crippen LogP contribution in [0.2, 0.25) is 0 Å². The van der Waals surface area contributed by atoms with Crippen molar-refractivity contribution in [3.63, 3.8) is 0 Å². The van der Waals surface area contributed by atoms with Gasteiger partial charge in [0.2, 0.25) is 11.8 Å². The van der Waals surface area contributed by atoms with E-state index in [9.17, 15) is 19.2 Å².